The second-order valence-corrected chi connectivity index (χ2v) is 11.6. The van der Waals surface area contributed by atoms with Crippen LogP contribution >= 0.6 is 9.24 Å². The van der Waals surface area contributed by atoms with Gasteiger partial charge in [0.15, 0.2) is 0 Å². The van der Waals surface area contributed by atoms with Crippen molar-refractivity contribution in [1.82, 2.24) is 0 Å². The number of phenols is 1. The molecule has 1 rings (SSSR count). The Morgan fingerprint density at radius 2 is 0.829 bits per heavy atom. The highest BCUT2D eigenvalue weighted by molar-refractivity contribution is 7.28. The fraction of sp³-hybridized carbons (Fsp3) is 0.818. The lowest BCUT2D eigenvalue weighted by Gasteiger charge is -2.19. The van der Waals surface area contributed by atoms with Gasteiger partial charge in [0.1, 0.15) is 5.75 Å². The largest absolute Gasteiger partial charge is 0.507 e. The predicted octanol–water partition coefficient (Wildman–Crippen LogP) is 10.8. The number of phenolic OH excluding ortho intramolecular Hbond substituents is 1. The molecule has 0 heterocycles. The van der Waals surface area contributed by atoms with E-state index in [-0.39, 0.29) is 0 Å². The lowest BCUT2D eigenvalue weighted by Crippen LogP contribution is -2.12. The average Bonchev–Trinajstić information content (AvgIpc) is 2.86. The van der Waals surface area contributed by atoms with Gasteiger partial charge >= 0.3 is 0 Å². The summed E-state index contributed by atoms with van der Waals surface area (Å²) in [7, 11) is 2.89. The van der Waals surface area contributed by atoms with Gasteiger partial charge in [0, 0.05) is 5.30 Å². The number of hydrogen-bond acceptors (Lipinski definition) is 1. The molecule has 0 amide bonds. The van der Waals surface area contributed by atoms with Gasteiger partial charge in [-0.3, -0.25) is 0 Å². The van der Waals surface area contributed by atoms with Gasteiger partial charge < -0.3 is 5.11 Å². The van der Waals surface area contributed by atoms with E-state index in [2.05, 4.69) is 36.1 Å². The van der Waals surface area contributed by atoms with Crippen molar-refractivity contribution in [1.29, 1.82) is 0 Å². The van der Waals surface area contributed by atoms with Crippen molar-refractivity contribution < 1.29 is 5.11 Å². The van der Waals surface area contributed by atoms with Crippen LogP contribution in [0.4, 0.5) is 0 Å². The molecule has 0 aliphatic rings. The smallest absolute Gasteiger partial charge is 0.123 e. The van der Waals surface area contributed by atoms with Crippen LogP contribution in [0, 0.1) is 0 Å². The zero-order valence-electron chi connectivity index (χ0n) is 24.1. The molecule has 1 N–H and O–H groups in total. The van der Waals surface area contributed by atoms with E-state index in [1.807, 2.05) is 0 Å². The van der Waals surface area contributed by atoms with Gasteiger partial charge in [0.05, 0.1) is 0 Å². The van der Waals surface area contributed by atoms with Crippen LogP contribution in [0.25, 0.3) is 0 Å². The Morgan fingerprint density at radius 3 is 1.26 bits per heavy atom. The third-order valence-electron chi connectivity index (χ3n) is 7.77. The van der Waals surface area contributed by atoms with E-state index in [9.17, 15) is 5.11 Å². The Labute approximate surface area is 222 Å². The molecule has 1 aromatic carbocycles. The summed E-state index contributed by atoms with van der Waals surface area (Å²) in [5.74, 6) is 0.509. The standard InChI is InChI=1S/C33H61OP/c1-4-7-10-13-16-19-22-25-29-28-32(34)33(35)31(27-24-21-18-15-12-9-6-3)30(29)26-23-20-17-14-11-8-5-2/h28,34H,4-27,35H2,1-3H3. The number of unbranched alkanes of at least 4 members (excludes halogenated alkanes) is 18. The summed E-state index contributed by atoms with van der Waals surface area (Å²) in [6.07, 6.45) is 31.9. The Morgan fingerprint density at radius 1 is 0.486 bits per heavy atom. The van der Waals surface area contributed by atoms with Crippen LogP contribution < -0.4 is 5.30 Å². The van der Waals surface area contributed by atoms with Crippen molar-refractivity contribution in [3.05, 3.63) is 22.8 Å². The van der Waals surface area contributed by atoms with Gasteiger partial charge in [-0.25, -0.2) is 0 Å². The van der Waals surface area contributed by atoms with Crippen molar-refractivity contribution in [2.75, 3.05) is 0 Å². The van der Waals surface area contributed by atoms with Crippen LogP contribution in [0.1, 0.15) is 172 Å². The van der Waals surface area contributed by atoms with E-state index in [0.717, 1.165) is 18.1 Å². The minimum atomic E-state index is 0.509. The molecule has 0 fully saturated rings. The molecule has 0 saturated heterocycles. The lowest BCUT2D eigenvalue weighted by atomic mass is 9.89. The normalized spacial score (nSPS) is 11.4. The molecule has 1 nitrogen and oxygen atoms in total. The minimum absolute atomic E-state index is 0.509. The maximum Gasteiger partial charge on any atom is 0.123 e. The van der Waals surface area contributed by atoms with Crippen molar-refractivity contribution in [2.45, 2.75) is 175 Å². The summed E-state index contributed by atoms with van der Waals surface area (Å²) >= 11 is 0. The highest BCUT2D eigenvalue weighted by Crippen LogP contribution is 2.28. The fourth-order valence-corrected chi connectivity index (χ4v) is 5.85. The SMILES string of the molecule is CCCCCCCCCc1cc(O)c(P)c(CCCCCCCCC)c1CCCCCCCCC. The van der Waals surface area contributed by atoms with E-state index in [1.165, 1.54) is 152 Å². The average molecular weight is 505 g/mol. The van der Waals surface area contributed by atoms with Gasteiger partial charge in [-0.1, -0.05) is 136 Å². The molecule has 0 bridgehead atoms. The first-order valence-corrected chi connectivity index (χ1v) is 16.3. The summed E-state index contributed by atoms with van der Waals surface area (Å²) in [5, 5.41) is 11.9. The van der Waals surface area contributed by atoms with Gasteiger partial charge in [-0.15, -0.1) is 9.24 Å². The third-order valence-corrected chi connectivity index (χ3v) is 8.42. The lowest BCUT2D eigenvalue weighted by molar-refractivity contribution is 0.477. The van der Waals surface area contributed by atoms with Crippen LogP contribution in [0.2, 0.25) is 0 Å². The molecule has 1 aromatic rings. The highest BCUT2D eigenvalue weighted by atomic mass is 31.0. The molecule has 0 aliphatic carbocycles. The van der Waals surface area contributed by atoms with Crippen LogP contribution in [-0.2, 0) is 19.3 Å². The van der Waals surface area contributed by atoms with Crippen LogP contribution in [0.5, 0.6) is 5.75 Å². The number of hydrogen-bond donors (Lipinski definition) is 1. The van der Waals surface area contributed by atoms with E-state index in [4.69, 9.17) is 0 Å². The van der Waals surface area contributed by atoms with E-state index < -0.39 is 0 Å². The van der Waals surface area contributed by atoms with Gasteiger partial charge in [-0.2, -0.15) is 0 Å². The Kier molecular flexibility index (Phi) is 21.0. The van der Waals surface area contributed by atoms with E-state index >= 15 is 0 Å². The number of aryl methyl sites for hydroxylation is 1. The summed E-state index contributed by atoms with van der Waals surface area (Å²) in [6, 6.07) is 2.12. The van der Waals surface area contributed by atoms with Gasteiger partial charge in [0.25, 0.3) is 0 Å². The minimum Gasteiger partial charge on any atom is -0.507 e. The first-order chi connectivity index (χ1) is 17.2. The molecule has 0 spiro atoms. The second kappa shape index (κ2) is 22.6. The van der Waals surface area contributed by atoms with Crippen molar-refractivity contribution >= 4 is 14.5 Å². The molecule has 204 valence electrons. The molecule has 0 aliphatic heterocycles. The topological polar surface area (TPSA) is 20.2 Å². The molecular formula is C33H61OP. The van der Waals surface area contributed by atoms with Crippen LogP contribution in [0.15, 0.2) is 6.07 Å². The second-order valence-electron chi connectivity index (χ2n) is 11.0. The molecule has 0 radical (unpaired) electrons. The Bertz CT molecular complexity index is 624. The van der Waals surface area contributed by atoms with Crippen molar-refractivity contribution in [3.63, 3.8) is 0 Å². The fourth-order valence-electron chi connectivity index (χ4n) is 5.45. The van der Waals surface area contributed by atoms with Crippen molar-refractivity contribution in [2.24, 2.45) is 0 Å². The van der Waals surface area contributed by atoms with Gasteiger partial charge in [-0.05, 0) is 61.3 Å². The summed E-state index contributed by atoms with van der Waals surface area (Å²) in [5.41, 5.74) is 4.51. The number of aromatic hydroxyl groups is 1. The molecule has 2 heteroatoms. The molecular weight excluding hydrogens is 443 g/mol. The molecule has 0 aromatic heterocycles. The monoisotopic (exact) mass is 504 g/mol. The highest BCUT2D eigenvalue weighted by Gasteiger charge is 2.15. The zero-order chi connectivity index (χ0) is 25.6. The molecule has 1 atom stereocenters. The Hall–Kier alpha value is -0.550. The summed E-state index contributed by atoms with van der Waals surface area (Å²) in [6.45, 7) is 6.88. The predicted molar refractivity (Wildman–Crippen MR) is 163 cm³/mol. The molecule has 0 saturated carbocycles. The molecule has 35 heavy (non-hydrogen) atoms. The summed E-state index contributed by atoms with van der Waals surface area (Å²) in [4.78, 5) is 0. The maximum atomic E-state index is 10.8. The van der Waals surface area contributed by atoms with Crippen LogP contribution in [0.3, 0.4) is 0 Å². The Balaban J connectivity index is 2.72. The maximum absolute atomic E-state index is 10.8. The van der Waals surface area contributed by atoms with E-state index in [0.29, 0.717) is 5.75 Å². The number of benzene rings is 1. The van der Waals surface area contributed by atoms with Crippen molar-refractivity contribution in [3.8, 4) is 5.75 Å². The third kappa shape index (κ3) is 15.3. The first-order valence-electron chi connectivity index (χ1n) is 15.8. The van der Waals surface area contributed by atoms with E-state index in [1.54, 1.807) is 5.56 Å². The van der Waals surface area contributed by atoms with Crippen LogP contribution in [-0.4, -0.2) is 5.11 Å². The molecule has 1 unspecified atom stereocenters. The zero-order valence-corrected chi connectivity index (χ0v) is 25.2. The van der Waals surface area contributed by atoms with Gasteiger partial charge in [0.2, 0.25) is 0 Å². The number of rotatable bonds is 24. The first kappa shape index (κ1) is 32.5. The summed E-state index contributed by atoms with van der Waals surface area (Å²) < 4.78 is 0. The quantitative estimate of drug-likeness (QED) is 0.110.